The summed E-state index contributed by atoms with van der Waals surface area (Å²) in [5.74, 6) is -2.94. The van der Waals surface area contributed by atoms with Gasteiger partial charge in [0.1, 0.15) is 22.6 Å². The first kappa shape index (κ1) is 32.3. The van der Waals surface area contributed by atoms with Crippen molar-refractivity contribution in [2.24, 2.45) is 29.1 Å². The van der Waals surface area contributed by atoms with E-state index in [1.165, 1.54) is 18.2 Å². The monoisotopic (exact) mass is 664 g/mol. The molecule has 12 atom stereocenters. The molecule has 1 heterocycles. The highest BCUT2D eigenvalue weighted by atomic mass is 19.1. The van der Waals surface area contributed by atoms with Crippen molar-refractivity contribution in [1.82, 2.24) is 4.90 Å². The Kier molecular flexibility index (Phi) is 7.42. The molecule has 3 N–H and O–H groups in total. The Labute approximate surface area is 279 Å². The number of methoxy groups -OCH3 is 3. The van der Waals surface area contributed by atoms with Crippen molar-refractivity contribution >= 4 is 17.6 Å². The van der Waals surface area contributed by atoms with Gasteiger partial charge in [-0.1, -0.05) is 31.2 Å². The molecule has 1 aliphatic heterocycles. The van der Waals surface area contributed by atoms with E-state index in [-0.39, 0.29) is 58.7 Å². The minimum atomic E-state index is -1.53. The zero-order valence-corrected chi connectivity index (χ0v) is 27.9. The number of halogens is 1. The van der Waals surface area contributed by atoms with Crippen LogP contribution in [0.15, 0.2) is 48.5 Å². The number of para-hydroxylation sites is 1. The third-order valence-electron chi connectivity index (χ3n) is 13.7. The van der Waals surface area contributed by atoms with E-state index in [0.29, 0.717) is 45.2 Å². The molecule has 8 rings (SSSR count). The van der Waals surface area contributed by atoms with Gasteiger partial charge in [-0.3, -0.25) is 9.69 Å². The topological polar surface area (TPSA) is 127 Å². The van der Waals surface area contributed by atoms with Gasteiger partial charge in [-0.2, -0.15) is 0 Å². The van der Waals surface area contributed by atoms with Gasteiger partial charge >= 0.3 is 5.97 Å². The minimum Gasteiger partial charge on any atom is -0.454 e. The maximum atomic E-state index is 14.4. The van der Waals surface area contributed by atoms with Crippen molar-refractivity contribution in [3.63, 3.8) is 0 Å². The molecule has 10 nitrogen and oxygen atoms in total. The number of likely N-dealkylation sites (tertiary alicyclic amines) is 1. The second-order valence-electron chi connectivity index (χ2n) is 14.9. The highest BCUT2D eigenvalue weighted by Crippen LogP contribution is 2.79. The van der Waals surface area contributed by atoms with Crippen LogP contribution in [-0.4, -0.2) is 103 Å². The van der Waals surface area contributed by atoms with Crippen LogP contribution in [0, 0.1) is 34.9 Å². The molecular formula is C37H45FN2O8. The van der Waals surface area contributed by atoms with Crippen LogP contribution in [0.3, 0.4) is 0 Å². The van der Waals surface area contributed by atoms with E-state index in [0.717, 1.165) is 0 Å². The number of fused-ring (bicyclic) bond motifs is 2. The zero-order valence-electron chi connectivity index (χ0n) is 27.9. The van der Waals surface area contributed by atoms with Crippen LogP contribution in [0.5, 0.6) is 0 Å². The fourth-order valence-electron chi connectivity index (χ4n) is 12.3. The highest BCUT2D eigenvalue weighted by Gasteiger charge is 2.89. The molecule has 2 aromatic rings. The molecule has 7 bridgehead atoms. The Morgan fingerprint density at radius 2 is 1.71 bits per heavy atom. The molecule has 0 aromatic heterocycles. The number of aliphatic hydroxyl groups is 2. The van der Waals surface area contributed by atoms with Gasteiger partial charge in [0.15, 0.2) is 0 Å². The summed E-state index contributed by atoms with van der Waals surface area (Å²) in [5, 5.41) is 28.6. The smallest absolute Gasteiger partial charge is 0.340 e. The lowest BCUT2D eigenvalue weighted by Crippen LogP contribution is -2.83. The fraction of sp³-hybridized carbons (Fsp3) is 0.622. The number of ether oxygens (including phenoxy) is 4. The van der Waals surface area contributed by atoms with Gasteiger partial charge in [-0.15, -0.1) is 0 Å². The number of nitrogens with one attached hydrogen (secondary N) is 1. The van der Waals surface area contributed by atoms with Gasteiger partial charge in [-0.25, -0.2) is 9.18 Å². The highest BCUT2D eigenvalue weighted by molar-refractivity contribution is 6.08. The summed E-state index contributed by atoms with van der Waals surface area (Å²) in [7, 11) is 5.00. The molecule has 6 aliphatic rings. The summed E-state index contributed by atoms with van der Waals surface area (Å²) in [4.78, 5) is 29.8. The molecule has 48 heavy (non-hydrogen) atoms. The predicted molar refractivity (Wildman–Crippen MR) is 172 cm³/mol. The number of carbonyl (C=O) groups is 2. The van der Waals surface area contributed by atoms with Crippen LogP contribution in [0.4, 0.5) is 10.1 Å². The van der Waals surface area contributed by atoms with E-state index in [1.54, 1.807) is 51.7 Å². The van der Waals surface area contributed by atoms with E-state index in [4.69, 9.17) is 18.9 Å². The number of piperidine rings is 1. The molecule has 1 unspecified atom stereocenters. The molecule has 2 aromatic carbocycles. The normalized spacial score (nSPS) is 43.6. The lowest BCUT2D eigenvalue weighted by molar-refractivity contribution is -0.337. The molecular weight excluding hydrogens is 619 g/mol. The van der Waals surface area contributed by atoms with Crippen molar-refractivity contribution in [2.45, 2.75) is 80.2 Å². The Hall–Kier alpha value is -2.93. The number of esters is 1. The summed E-state index contributed by atoms with van der Waals surface area (Å²) in [6, 6.07) is 12.2. The van der Waals surface area contributed by atoms with E-state index in [9.17, 15) is 24.2 Å². The maximum Gasteiger partial charge on any atom is 0.340 e. The van der Waals surface area contributed by atoms with Crippen molar-refractivity contribution < 1.29 is 43.1 Å². The van der Waals surface area contributed by atoms with Crippen LogP contribution in [0.25, 0.3) is 0 Å². The Morgan fingerprint density at radius 1 is 0.979 bits per heavy atom. The number of carbonyl (C=O) groups excluding carboxylic acids is 2. The van der Waals surface area contributed by atoms with Crippen molar-refractivity contribution in [3.05, 3.63) is 65.5 Å². The largest absolute Gasteiger partial charge is 0.454 e. The summed E-state index contributed by atoms with van der Waals surface area (Å²) in [6.07, 6.45) is 1.51. The van der Waals surface area contributed by atoms with Gasteiger partial charge in [0.2, 0.25) is 0 Å². The SMILES string of the molecule is CCN1C[C@]2(OC(=O)c3ccccc3NC(=O)c3ccccc3F)CC[C@H](OC)[C@]34C1[C@H](C[C@H]23)[C@@]1(O)C[C@H](OC)[C@H]2C[C@@H]4[C@]1(O)[C@H]2OC. The van der Waals surface area contributed by atoms with Crippen LogP contribution in [0.2, 0.25) is 0 Å². The van der Waals surface area contributed by atoms with E-state index >= 15 is 0 Å². The molecule has 11 heteroatoms. The summed E-state index contributed by atoms with van der Waals surface area (Å²) in [6.45, 7) is 3.23. The minimum absolute atomic E-state index is 0.0981. The van der Waals surface area contributed by atoms with Crippen molar-refractivity contribution in [3.8, 4) is 0 Å². The Balaban J connectivity index is 1.20. The molecule has 5 aliphatic carbocycles. The van der Waals surface area contributed by atoms with Crippen LogP contribution in [-0.2, 0) is 18.9 Å². The molecule has 5 saturated carbocycles. The lowest BCUT2D eigenvalue weighted by Gasteiger charge is -2.70. The van der Waals surface area contributed by atoms with E-state index < -0.39 is 46.0 Å². The molecule has 0 radical (unpaired) electrons. The Bertz CT molecular complexity index is 1640. The molecule has 1 amide bonds. The molecule has 1 spiro atoms. The summed E-state index contributed by atoms with van der Waals surface area (Å²) < 4.78 is 39.6. The summed E-state index contributed by atoms with van der Waals surface area (Å²) in [5.41, 5.74) is -4.30. The van der Waals surface area contributed by atoms with Gasteiger partial charge in [-0.05, 0) is 56.5 Å². The lowest BCUT2D eigenvalue weighted by atomic mass is 9.44. The summed E-state index contributed by atoms with van der Waals surface area (Å²) >= 11 is 0. The maximum absolute atomic E-state index is 14.4. The van der Waals surface area contributed by atoms with Crippen molar-refractivity contribution in [1.29, 1.82) is 0 Å². The van der Waals surface area contributed by atoms with Gasteiger partial charge in [0.05, 0.1) is 35.1 Å². The van der Waals surface area contributed by atoms with Crippen molar-refractivity contribution in [2.75, 3.05) is 39.7 Å². The quantitative estimate of drug-likeness (QED) is 0.363. The standard InChI is InChI=1S/C37H45FN2O8/c1-5-40-19-34(48-33(42)21-11-7-9-13-25(21)39-32(41)20-10-6-8-12-24(20)38)15-14-29(46-3)36-27(34)17-23(30(36)40)35(43)18-26(45-2)22-16-28(36)37(35,44)31(22)47-4/h6-13,22-23,26-31,43-44H,5,14-19H2,1-4H3,(H,39,41)/t22-,23+,26+,27-,28+,29+,30?,31+,34-,35+,36+,37+/m1/s1. The first-order chi connectivity index (χ1) is 23.0. The van der Waals surface area contributed by atoms with Crippen LogP contribution < -0.4 is 5.32 Å². The molecule has 258 valence electrons. The fourth-order valence-corrected chi connectivity index (χ4v) is 12.3. The third-order valence-corrected chi connectivity index (χ3v) is 13.7. The van der Waals surface area contributed by atoms with Gasteiger partial charge < -0.3 is 34.5 Å². The number of anilines is 1. The zero-order chi connectivity index (χ0) is 33.8. The van der Waals surface area contributed by atoms with Gasteiger partial charge in [0, 0.05) is 69.4 Å². The Morgan fingerprint density at radius 3 is 2.40 bits per heavy atom. The number of rotatable bonds is 8. The predicted octanol–water partition coefficient (Wildman–Crippen LogP) is 3.65. The number of hydrogen-bond donors (Lipinski definition) is 3. The van der Waals surface area contributed by atoms with E-state index in [1.807, 2.05) is 0 Å². The van der Waals surface area contributed by atoms with Crippen LogP contribution >= 0.6 is 0 Å². The van der Waals surface area contributed by atoms with E-state index in [2.05, 4.69) is 17.1 Å². The van der Waals surface area contributed by atoms with Crippen LogP contribution in [0.1, 0.15) is 59.7 Å². The molecule has 6 fully saturated rings. The van der Waals surface area contributed by atoms with Gasteiger partial charge in [0.25, 0.3) is 5.91 Å². The average Bonchev–Trinajstić information content (AvgIpc) is 3.51. The number of hydrogen-bond acceptors (Lipinski definition) is 9. The second kappa shape index (κ2) is 11.0. The first-order valence-electron chi connectivity index (χ1n) is 17.2. The number of likely N-dealkylation sites (N-methyl/N-ethyl adjacent to an activating group) is 1. The second-order valence-corrected chi connectivity index (χ2v) is 14.9. The number of benzene rings is 2. The number of nitrogens with zero attached hydrogens (tertiary/aromatic N) is 1. The first-order valence-corrected chi connectivity index (χ1v) is 17.2. The molecule has 1 saturated heterocycles. The average molecular weight is 665 g/mol. The third kappa shape index (κ3) is 3.83. The number of amides is 1.